The number of carboxylic acids is 1. The molecule has 0 spiro atoms. The molecule has 0 aromatic heterocycles. The molecule has 1 fully saturated rings. The molecule has 1 atom stereocenters. The van der Waals surface area contributed by atoms with Gasteiger partial charge in [0.2, 0.25) is 0 Å². The van der Waals surface area contributed by atoms with Crippen LogP contribution in [0.4, 0.5) is 0 Å². The van der Waals surface area contributed by atoms with Crippen molar-refractivity contribution in [1.82, 2.24) is 0 Å². The van der Waals surface area contributed by atoms with E-state index < -0.39 is 11.4 Å². The fourth-order valence-corrected chi connectivity index (χ4v) is 2.54. The van der Waals surface area contributed by atoms with Gasteiger partial charge in [-0.15, -0.1) is 0 Å². The van der Waals surface area contributed by atoms with E-state index in [2.05, 4.69) is 13.8 Å². The van der Waals surface area contributed by atoms with E-state index in [0.717, 1.165) is 6.42 Å². The van der Waals surface area contributed by atoms with Crippen molar-refractivity contribution < 1.29 is 9.90 Å². The van der Waals surface area contributed by atoms with Crippen LogP contribution in [0.2, 0.25) is 0 Å². The second-order valence-corrected chi connectivity index (χ2v) is 5.39. The van der Waals surface area contributed by atoms with Crippen LogP contribution in [0.15, 0.2) is 0 Å². The van der Waals surface area contributed by atoms with Crippen molar-refractivity contribution in [2.24, 2.45) is 23.0 Å². The predicted octanol–water partition coefficient (Wildman–Crippen LogP) is 2.25. The summed E-state index contributed by atoms with van der Waals surface area (Å²) in [5.74, 6) is 0.290. The van der Waals surface area contributed by atoms with E-state index in [9.17, 15) is 9.90 Å². The zero-order chi connectivity index (χ0) is 11.5. The van der Waals surface area contributed by atoms with Crippen LogP contribution in [0.25, 0.3) is 0 Å². The van der Waals surface area contributed by atoms with Crippen LogP contribution in [0.5, 0.6) is 0 Å². The maximum atomic E-state index is 11.4. The van der Waals surface area contributed by atoms with Gasteiger partial charge in [0.15, 0.2) is 0 Å². The topological polar surface area (TPSA) is 63.3 Å². The quantitative estimate of drug-likeness (QED) is 0.711. The summed E-state index contributed by atoms with van der Waals surface area (Å²) in [5.41, 5.74) is 5.04. The van der Waals surface area contributed by atoms with Gasteiger partial charge < -0.3 is 10.8 Å². The maximum Gasteiger partial charge on any atom is 0.310 e. The van der Waals surface area contributed by atoms with Gasteiger partial charge in [-0.25, -0.2) is 0 Å². The fraction of sp³-hybridized carbons (Fsp3) is 0.917. The van der Waals surface area contributed by atoms with Gasteiger partial charge in [-0.1, -0.05) is 33.1 Å². The Balaban J connectivity index is 2.67. The fourth-order valence-electron chi connectivity index (χ4n) is 2.54. The lowest BCUT2D eigenvalue weighted by atomic mass is 9.68. The van der Waals surface area contributed by atoms with Gasteiger partial charge in [0.1, 0.15) is 0 Å². The van der Waals surface area contributed by atoms with Crippen LogP contribution >= 0.6 is 0 Å². The zero-order valence-electron chi connectivity index (χ0n) is 9.83. The standard InChI is InChI=1S/C12H23NO2/c1-9(2)6-12(8-13,11(14)15)7-10-4-3-5-10/h9-10H,3-8,13H2,1-2H3,(H,14,15). The highest BCUT2D eigenvalue weighted by atomic mass is 16.4. The van der Waals surface area contributed by atoms with Gasteiger partial charge in [0.05, 0.1) is 5.41 Å². The van der Waals surface area contributed by atoms with Gasteiger partial charge in [-0.2, -0.15) is 0 Å². The molecule has 3 N–H and O–H groups in total. The number of carbonyl (C=O) groups is 1. The number of aliphatic carboxylic acids is 1. The summed E-state index contributed by atoms with van der Waals surface area (Å²) in [4.78, 5) is 11.4. The molecule has 0 radical (unpaired) electrons. The second-order valence-electron chi connectivity index (χ2n) is 5.39. The SMILES string of the molecule is CC(C)CC(CN)(CC1CCC1)C(=O)O. The van der Waals surface area contributed by atoms with E-state index in [1.54, 1.807) is 0 Å². The Kier molecular flexibility index (Phi) is 4.14. The first-order valence-electron chi connectivity index (χ1n) is 5.93. The Morgan fingerprint density at radius 3 is 2.40 bits per heavy atom. The Labute approximate surface area is 92.0 Å². The summed E-state index contributed by atoms with van der Waals surface area (Å²) in [6.07, 6.45) is 5.11. The molecular weight excluding hydrogens is 190 g/mol. The Hall–Kier alpha value is -0.570. The minimum absolute atomic E-state index is 0.275. The first-order valence-corrected chi connectivity index (χ1v) is 5.93. The second kappa shape index (κ2) is 4.97. The first-order chi connectivity index (χ1) is 7.00. The molecule has 0 aliphatic heterocycles. The summed E-state index contributed by atoms with van der Waals surface area (Å²) >= 11 is 0. The van der Waals surface area contributed by atoms with Gasteiger partial charge in [0, 0.05) is 6.54 Å². The molecule has 1 saturated carbocycles. The normalized spacial score (nSPS) is 21.1. The molecule has 1 unspecified atom stereocenters. The van der Waals surface area contributed by atoms with Gasteiger partial charge >= 0.3 is 5.97 Å². The summed E-state index contributed by atoms with van der Waals surface area (Å²) < 4.78 is 0. The molecule has 0 aromatic carbocycles. The van der Waals surface area contributed by atoms with Gasteiger partial charge in [-0.3, -0.25) is 4.79 Å². The largest absolute Gasteiger partial charge is 0.481 e. The van der Waals surface area contributed by atoms with Crippen molar-refractivity contribution in [3.63, 3.8) is 0 Å². The zero-order valence-corrected chi connectivity index (χ0v) is 9.83. The Bertz CT molecular complexity index is 224. The molecule has 0 heterocycles. The van der Waals surface area contributed by atoms with Crippen molar-refractivity contribution in [3.05, 3.63) is 0 Å². The molecule has 0 bridgehead atoms. The third kappa shape index (κ3) is 2.94. The Morgan fingerprint density at radius 1 is 1.53 bits per heavy atom. The van der Waals surface area contributed by atoms with Crippen molar-refractivity contribution in [2.45, 2.75) is 46.0 Å². The molecule has 0 aromatic rings. The molecule has 1 aliphatic rings. The predicted molar refractivity (Wildman–Crippen MR) is 60.5 cm³/mol. The molecule has 0 saturated heterocycles. The van der Waals surface area contributed by atoms with E-state index in [1.807, 2.05) is 0 Å². The lowest BCUT2D eigenvalue weighted by molar-refractivity contribution is -0.151. The van der Waals surface area contributed by atoms with E-state index in [1.165, 1.54) is 19.3 Å². The maximum absolute atomic E-state index is 11.4. The minimum Gasteiger partial charge on any atom is -0.481 e. The van der Waals surface area contributed by atoms with Crippen LogP contribution in [0.3, 0.4) is 0 Å². The monoisotopic (exact) mass is 213 g/mol. The molecule has 3 heteroatoms. The average molecular weight is 213 g/mol. The third-order valence-corrected chi connectivity index (χ3v) is 3.55. The molecule has 3 nitrogen and oxygen atoms in total. The molecule has 1 aliphatic carbocycles. The molecule has 15 heavy (non-hydrogen) atoms. The summed E-state index contributed by atoms with van der Waals surface area (Å²) in [6.45, 7) is 4.40. The van der Waals surface area contributed by atoms with Crippen LogP contribution < -0.4 is 5.73 Å². The van der Waals surface area contributed by atoms with Gasteiger partial charge in [-0.05, 0) is 24.7 Å². The number of rotatable bonds is 6. The van der Waals surface area contributed by atoms with Crippen molar-refractivity contribution >= 4 is 5.97 Å². The smallest absolute Gasteiger partial charge is 0.310 e. The third-order valence-electron chi connectivity index (χ3n) is 3.55. The number of hydrogen-bond acceptors (Lipinski definition) is 2. The van der Waals surface area contributed by atoms with Crippen LogP contribution in [0.1, 0.15) is 46.0 Å². The van der Waals surface area contributed by atoms with E-state index in [-0.39, 0.29) is 6.54 Å². The molecule has 1 rings (SSSR count). The van der Waals surface area contributed by atoms with Crippen molar-refractivity contribution in [2.75, 3.05) is 6.54 Å². The van der Waals surface area contributed by atoms with Crippen molar-refractivity contribution in [3.8, 4) is 0 Å². The van der Waals surface area contributed by atoms with Crippen LogP contribution in [-0.4, -0.2) is 17.6 Å². The van der Waals surface area contributed by atoms with Crippen LogP contribution in [-0.2, 0) is 4.79 Å². The average Bonchev–Trinajstić information content (AvgIpc) is 2.08. The summed E-state index contributed by atoms with van der Waals surface area (Å²) in [5, 5.41) is 9.36. The molecule has 0 amide bonds. The highest BCUT2D eigenvalue weighted by molar-refractivity contribution is 5.75. The summed E-state index contributed by atoms with van der Waals surface area (Å²) in [7, 11) is 0. The van der Waals surface area contributed by atoms with E-state index >= 15 is 0 Å². The number of nitrogens with two attached hydrogens (primary N) is 1. The van der Waals surface area contributed by atoms with E-state index in [0.29, 0.717) is 18.3 Å². The number of carboxylic acid groups (broad SMARTS) is 1. The molecular formula is C12H23NO2. The number of hydrogen-bond donors (Lipinski definition) is 2. The van der Waals surface area contributed by atoms with Gasteiger partial charge in [0.25, 0.3) is 0 Å². The Morgan fingerprint density at radius 2 is 2.13 bits per heavy atom. The first kappa shape index (κ1) is 12.5. The highest BCUT2D eigenvalue weighted by Crippen LogP contribution is 2.40. The minimum atomic E-state index is -0.703. The molecule has 88 valence electrons. The van der Waals surface area contributed by atoms with Crippen LogP contribution in [0, 0.1) is 17.3 Å². The summed E-state index contributed by atoms with van der Waals surface area (Å²) in [6, 6.07) is 0. The van der Waals surface area contributed by atoms with E-state index in [4.69, 9.17) is 5.73 Å². The lowest BCUT2D eigenvalue weighted by Gasteiger charge is -2.36. The lowest BCUT2D eigenvalue weighted by Crippen LogP contribution is -2.42. The highest BCUT2D eigenvalue weighted by Gasteiger charge is 2.40. The van der Waals surface area contributed by atoms with Crippen molar-refractivity contribution in [1.29, 1.82) is 0 Å².